The standard InChI is InChI=1S/C14H20N2O.C2H6O.C2H6/c1-6-11(3)16(5)8-10(2)13-7-15-14(9-17)12(13)4;1-3-2;1-2/h6-9,15H,1-5H3;1-2H3;1-2H3/b10-8+,11-6-;;. The lowest BCUT2D eigenvalue weighted by Gasteiger charge is -2.16. The lowest BCUT2D eigenvalue weighted by molar-refractivity contribution is 0.111. The molecule has 0 aliphatic rings. The molecular weight excluding hydrogens is 276 g/mol. The maximum atomic E-state index is 10.8. The molecule has 22 heavy (non-hydrogen) atoms. The molecule has 1 aromatic rings. The van der Waals surface area contributed by atoms with Crippen LogP contribution in [0.25, 0.3) is 5.57 Å². The van der Waals surface area contributed by atoms with Crippen molar-refractivity contribution < 1.29 is 9.53 Å². The Balaban J connectivity index is 0. The van der Waals surface area contributed by atoms with Crippen LogP contribution in [0.5, 0.6) is 0 Å². The highest BCUT2D eigenvalue weighted by Crippen LogP contribution is 2.21. The van der Waals surface area contributed by atoms with Crippen LogP contribution in [-0.2, 0) is 4.74 Å². The van der Waals surface area contributed by atoms with Gasteiger partial charge in [0.2, 0.25) is 0 Å². The van der Waals surface area contributed by atoms with Crippen LogP contribution in [0.15, 0.2) is 24.2 Å². The first-order valence-corrected chi connectivity index (χ1v) is 7.50. The molecule has 0 saturated heterocycles. The van der Waals surface area contributed by atoms with Gasteiger partial charge in [-0.3, -0.25) is 4.79 Å². The Morgan fingerprint density at radius 2 is 1.77 bits per heavy atom. The first kappa shape index (κ1) is 22.5. The van der Waals surface area contributed by atoms with Crippen LogP contribution in [0.1, 0.15) is 56.2 Å². The molecule has 0 fully saturated rings. The van der Waals surface area contributed by atoms with E-state index in [9.17, 15) is 4.79 Å². The van der Waals surface area contributed by atoms with Crippen molar-refractivity contribution in [3.63, 3.8) is 0 Å². The summed E-state index contributed by atoms with van der Waals surface area (Å²) in [6, 6.07) is 0. The molecule has 0 bridgehead atoms. The van der Waals surface area contributed by atoms with E-state index in [-0.39, 0.29) is 0 Å². The Bertz CT molecular complexity index is 485. The van der Waals surface area contributed by atoms with Gasteiger partial charge < -0.3 is 14.6 Å². The number of aromatic amines is 1. The van der Waals surface area contributed by atoms with Crippen LogP contribution in [0.2, 0.25) is 0 Å². The monoisotopic (exact) mass is 308 g/mol. The number of hydrogen-bond donors (Lipinski definition) is 1. The maximum Gasteiger partial charge on any atom is 0.166 e. The Hall–Kier alpha value is -1.81. The fourth-order valence-corrected chi connectivity index (χ4v) is 1.71. The SMILES string of the molecule is C/C=C(/C)N(C)/C=C(\C)c1c[nH]c(C=O)c1C.CC.COC. The van der Waals surface area contributed by atoms with Gasteiger partial charge in [0.15, 0.2) is 6.29 Å². The van der Waals surface area contributed by atoms with Gasteiger partial charge in [0.05, 0.1) is 5.69 Å². The van der Waals surface area contributed by atoms with Crippen molar-refractivity contribution in [1.29, 1.82) is 0 Å². The summed E-state index contributed by atoms with van der Waals surface area (Å²) in [5, 5.41) is 0. The van der Waals surface area contributed by atoms with E-state index < -0.39 is 0 Å². The van der Waals surface area contributed by atoms with Gasteiger partial charge in [-0.15, -0.1) is 0 Å². The molecule has 1 heterocycles. The molecule has 0 saturated carbocycles. The first-order chi connectivity index (χ1) is 10.4. The molecule has 0 aromatic carbocycles. The fourth-order valence-electron chi connectivity index (χ4n) is 1.71. The number of carbonyl (C=O) groups excluding carboxylic acids is 1. The highest BCUT2D eigenvalue weighted by molar-refractivity contribution is 5.79. The zero-order chi connectivity index (χ0) is 17.7. The van der Waals surface area contributed by atoms with Crippen LogP contribution in [0.4, 0.5) is 0 Å². The topological polar surface area (TPSA) is 45.3 Å². The Morgan fingerprint density at radius 3 is 2.14 bits per heavy atom. The van der Waals surface area contributed by atoms with Gasteiger partial charge in [0.1, 0.15) is 0 Å². The largest absolute Gasteiger partial charge is 0.388 e. The van der Waals surface area contributed by atoms with E-state index in [1.165, 1.54) is 5.70 Å². The van der Waals surface area contributed by atoms with Gasteiger partial charge in [0, 0.05) is 39.4 Å². The Morgan fingerprint density at radius 1 is 1.27 bits per heavy atom. The zero-order valence-corrected chi connectivity index (χ0v) is 15.6. The van der Waals surface area contributed by atoms with Crippen molar-refractivity contribution in [1.82, 2.24) is 9.88 Å². The number of aromatic nitrogens is 1. The average molecular weight is 308 g/mol. The van der Waals surface area contributed by atoms with E-state index >= 15 is 0 Å². The number of rotatable bonds is 4. The van der Waals surface area contributed by atoms with Crippen LogP contribution < -0.4 is 0 Å². The highest BCUT2D eigenvalue weighted by Gasteiger charge is 2.08. The number of carbonyl (C=O) groups is 1. The summed E-state index contributed by atoms with van der Waals surface area (Å²) in [5.41, 5.74) is 5.06. The molecular formula is C18H32N2O2. The predicted octanol–water partition coefficient (Wildman–Crippen LogP) is 4.64. The molecule has 4 heteroatoms. The minimum absolute atomic E-state index is 0.651. The number of allylic oxidation sites excluding steroid dienone is 3. The van der Waals surface area contributed by atoms with Crippen LogP contribution >= 0.6 is 0 Å². The number of methoxy groups -OCH3 is 1. The molecule has 1 N–H and O–H groups in total. The van der Waals surface area contributed by atoms with E-state index in [1.54, 1.807) is 14.2 Å². The molecule has 0 radical (unpaired) electrons. The molecule has 0 aliphatic heterocycles. The second-order valence-corrected chi connectivity index (χ2v) is 4.62. The van der Waals surface area contributed by atoms with E-state index in [1.807, 2.05) is 47.9 Å². The van der Waals surface area contributed by atoms with E-state index in [2.05, 4.69) is 33.8 Å². The molecule has 126 valence electrons. The Labute approximate surface area is 135 Å². The van der Waals surface area contributed by atoms with Crippen molar-refractivity contribution >= 4 is 11.9 Å². The molecule has 1 rings (SSSR count). The molecule has 0 amide bonds. The smallest absolute Gasteiger partial charge is 0.166 e. The molecule has 4 nitrogen and oxygen atoms in total. The summed E-state index contributed by atoms with van der Waals surface area (Å²) in [5.74, 6) is 0. The van der Waals surface area contributed by atoms with Crippen LogP contribution in [0, 0.1) is 6.92 Å². The maximum absolute atomic E-state index is 10.8. The van der Waals surface area contributed by atoms with Crippen LogP contribution in [-0.4, -0.2) is 37.4 Å². The van der Waals surface area contributed by atoms with E-state index in [0.717, 1.165) is 23.0 Å². The molecule has 0 aliphatic carbocycles. The number of ether oxygens (including phenoxy) is 1. The van der Waals surface area contributed by atoms with Crippen molar-refractivity contribution in [2.24, 2.45) is 0 Å². The molecule has 0 unspecified atom stereocenters. The summed E-state index contributed by atoms with van der Waals surface area (Å²) in [6.45, 7) is 12.1. The molecule has 1 aromatic heterocycles. The van der Waals surface area contributed by atoms with Gasteiger partial charge in [-0.2, -0.15) is 0 Å². The summed E-state index contributed by atoms with van der Waals surface area (Å²) in [7, 11) is 5.27. The highest BCUT2D eigenvalue weighted by atomic mass is 16.4. The predicted molar refractivity (Wildman–Crippen MR) is 96.0 cm³/mol. The van der Waals surface area contributed by atoms with Crippen molar-refractivity contribution in [3.05, 3.63) is 41.0 Å². The van der Waals surface area contributed by atoms with E-state index in [4.69, 9.17) is 0 Å². The van der Waals surface area contributed by atoms with Gasteiger partial charge in [0.25, 0.3) is 0 Å². The van der Waals surface area contributed by atoms with Gasteiger partial charge in [-0.05, 0) is 44.4 Å². The van der Waals surface area contributed by atoms with Gasteiger partial charge >= 0.3 is 0 Å². The summed E-state index contributed by atoms with van der Waals surface area (Å²) in [6.07, 6.45) is 6.86. The second-order valence-electron chi connectivity index (χ2n) is 4.62. The quantitative estimate of drug-likeness (QED) is 0.824. The summed E-state index contributed by atoms with van der Waals surface area (Å²) < 4.78 is 4.25. The number of hydrogen-bond acceptors (Lipinski definition) is 3. The lowest BCUT2D eigenvalue weighted by Crippen LogP contribution is -2.07. The first-order valence-electron chi connectivity index (χ1n) is 7.50. The van der Waals surface area contributed by atoms with Crippen molar-refractivity contribution in [2.45, 2.75) is 41.5 Å². The Kier molecular flexibility index (Phi) is 13.2. The lowest BCUT2D eigenvalue weighted by atomic mass is 10.1. The molecule has 0 atom stereocenters. The molecule has 0 spiro atoms. The minimum Gasteiger partial charge on any atom is -0.388 e. The average Bonchev–Trinajstić information content (AvgIpc) is 2.90. The summed E-state index contributed by atoms with van der Waals surface area (Å²) >= 11 is 0. The van der Waals surface area contributed by atoms with Crippen LogP contribution in [0.3, 0.4) is 0 Å². The number of H-pyrrole nitrogens is 1. The fraction of sp³-hybridized carbons (Fsp3) is 0.500. The third-order valence-electron chi connectivity index (χ3n) is 3.08. The number of nitrogens with zero attached hydrogens (tertiary/aromatic N) is 1. The normalized spacial score (nSPS) is 11.0. The third kappa shape index (κ3) is 7.27. The van der Waals surface area contributed by atoms with Gasteiger partial charge in [-0.1, -0.05) is 19.9 Å². The number of nitrogens with one attached hydrogen (secondary N) is 1. The minimum atomic E-state index is 0.651. The third-order valence-corrected chi connectivity index (χ3v) is 3.08. The summed E-state index contributed by atoms with van der Waals surface area (Å²) in [4.78, 5) is 15.8. The number of aldehydes is 1. The zero-order valence-electron chi connectivity index (χ0n) is 15.6. The van der Waals surface area contributed by atoms with E-state index in [0.29, 0.717) is 5.69 Å². The van der Waals surface area contributed by atoms with Crippen molar-refractivity contribution in [2.75, 3.05) is 21.3 Å². The van der Waals surface area contributed by atoms with Gasteiger partial charge in [-0.25, -0.2) is 0 Å². The second kappa shape index (κ2) is 12.9. The van der Waals surface area contributed by atoms with Crippen molar-refractivity contribution in [3.8, 4) is 0 Å².